The fourth-order valence-corrected chi connectivity index (χ4v) is 3.46. The van der Waals surface area contributed by atoms with E-state index < -0.39 is 0 Å². The standard InChI is InChI=1S/C14H17ClN4S/c15-12-9-11(10-16)1-2-13(12)18-4-6-19(7-5-18)14-17-3-8-20-14/h1-3,8-9H,4-7,10,16H2. The highest BCUT2D eigenvalue weighted by molar-refractivity contribution is 7.13. The van der Waals surface area contributed by atoms with Crippen molar-refractivity contribution < 1.29 is 0 Å². The van der Waals surface area contributed by atoms with Crippen molar-refractivity contribution in [1.82, 2.24) is 4.98 Å². The molecular weight excluding hydrogens is 292 g/mol. The summed E-state index contributed by atoms with van der Waals surface area (Å²) in [5.41, 5.74) is 7.80. The van der Waals surface area contributed by atoms with Crippen molar-refractivity contribution in [2.45, 2.75) is 6.54 Å². The predicted molar refractivity (Wildman–Crippen MR) is 85.9 cm³/mol. The maximum Gasteiger partial charge on any atom is 0.185 e. The monoisotopic (exact) mass is 308 g/mol. The Balaban J connectivity index is 1.69. The van der Waals surface area contributed by atoms with E-state index in [1.807, 2.05) is 17.6 Å². The number of halogens is 1. The molecule has 4 nitrogen and oxygen atoms in total. The van der Waals surface area contributed by atoms with E-state index in [4.69, 9.17) is 17.3 Å². The van der Waals surface area contributed by atoms with Crippen LogP contribution in [0.2, 0.25) is 5.02 Å². The van der Waals surface area contributed by atoms with Crippen LogP contribution >= 0.6 is 22.9 Å². The lowest BCUT2D eigenvalue weighted by atomic mass is 10.2. The van der Waals surface area contributed by atoms with Crippen LogP contribution in [-0.2, 0) is 6.54 Å². The van der Waals surface area contributed by atoms with Crippen LogP contribution < -0.4 is 15.5 Å². The van der Waals surface area contributed by atoms with Crippen molar-refractivity contribution in [3.63, 3.8) is 0 Å². The van der Waals surface area contributed by atoms with Gasteiger partial charge in [0.1, 0.15) is 0 Å². The zero-order valence-electron chi connectivity index (χ0n) is 11.1. The molecule has 1 aliphatic rings. The largest absolute Gasteiger partial charge is 0.367 e. The molecule has 0 radical (unpaired) electrons. The molecule has 6 heteroatoms. The summed E-state index contributed by atoms with van der Waals surface area (Å²) >= 11 is 8.05. The number of anilines is 2. The summed E-state index contributed by atoms with van der Waals surface area (Å²) in [7, 11) is 0. The van der Waals surface area contributed by atoms with Crippen LogP contribution in [0.3, 0.4) is 0 Å². The first-order chi connectivity index (χ1) is 9.78. The Bertz CT molecular complexity index is 565. The maximum atomic E-state index is 6.36. The van der Waals surface area contributed by atoms with Crippen molar-refractivity contribution >= 4 is 33.8 Å². The third kappa shape index (κ3) is 2.75. The minimum atomic E-state index is 0.526. The van der Waals surface area contributed by atoms with Gasteiger partial charge in [0.25, 0.3) is 0 Å². The lowest BCUT2D eigenvalue weighted by Gasteiger charge is -2.36. The third-order valence-corrected chi connectivity index (χ3v) is 4.69. The summed E-state index contributed by atoms with van der Waals surface area (Å²) in [6.07, 6.45) is 1.86. The smallest absolute Gasteiger partial charge is 0.185 e. The van der Waals surface area contributed by atoms with Crippen LogP contribution in [0.4, 0.5) is 10.8 Å². The summed E-state index contributed by atoms with van der Waals surface area (Å²) in [5, 5.41) is 3.91. The van der Waals surface area contributed by atoms with Crippen molar-refractivity contribution in [3.8, 4) is 0 Å². The molecular formula is C14H17ClN4S. The molecule has 2 N–H and O–H groups in total. The van der Waals surface area contributed by atoms with E-state index in [0.29, 0.717) is 6.54 Å². The van der Waals surface area contributed by atoms with E-state index in [0.717, 1.165) is 47.6 Å². The number of thiazole rings is 1. The summed E-state index contributed by atoms with van der Waals surface area (Å²) in [6, 6.07) is 6.09. The zero-order valence-corrected chi connectivity index (χ0v) is 12.7. The first kappa shape index (κ1) is 13.7. The van der Waals surface area contributed by atoms with E-state index in [1.165, 1.54) is 0 Å². The number of piperazine rings is 1. The van der Waals surface area contributed by atoms with Crippen molar-refractivity contribution in [2.24, 2.45) is 5.73 Å². The SMILES string of the molecule is NCc1ccc(N2CCN(c3nccs3)CC2)c(Cl)c1. The normalized spacial score (nSPS) is 15.7. The Hall–Kier alpha value is -1.30. The highest BCUT2D eigenvalue weighted by Gasteiger charge is 2.20. The molecule has 1 aromatic carbocycles. The van der Waals surface area contributed by atoms with E-state index in [-0.39, 0.29) is 0 Å². The second-order valence-corrected chi connectivity index (χ2v) is 6.06. The number of nitrogens with two attached hydrogens (primary N) is 1. The van der Waals surface area contributed by atoms with Crippen LogP contribution in [0.15, 0.2) is 29.8 Å². The molecule has 0 amide bonds. The molecule has 2 heterocycles. The van der Waals surface area contributed by atoms with Gasteiger partial charge in [-0.3, -0.25) is 0 Å². The van der Waals surface area contributed by atoms with E-state index in [1.54, 1.807) is 11.3 Å². The number of benzene rings is 1. The minimum absolute atomic E-state index is 0.526. The van der Waals surface area contributed by atoms with Crippen LogP contribution in [0.5, 0.6) is 0 Å². The van der Waals surface area contributed by atoms with Crippen LogP contribution in [0, 0.1) is 0 Å². The molecule has 0 unspecified atom stereocenters. The molecule has 106 valence electrons. The third-order valence-electron chi connectivity index (χ3n) is 3.56. The van der Waals surface area contributed by atoms with E-state index >= 15 is 0 Å². The molecule has 1 saturated heterocycles. The average Bonchev–Trinajstić information content (AvgIpc) is 3.01. The molecule has 0 bridgehead atoms. The molecule has 0 spiro atoms. The average molecular weight is 309 g/mol. The van der Waals surface area contributed by atoms with Crippen LogP contribution in [0.1, 0.15) is 5.56 Å². The van der Waals surface area contributed by atoms with Gasteiger partial charge in [-0.15, -0.1) is 11.3 Å². The molecule has 0 aliphatic carbocycles. The van der Waals surface area contributed by atoms with Gasteiger partial charge in [-0.25, -0.2) is 4.98 Å². The topological polar surface area (TPSA) is 45.4 Å². The number of aromatic nitrogens is 1. The van der Waals surface area contributed by atoms with Gasteiger partial charge in [-0.05, 0) is 17.7 Å². The first-order valence-electron chi connectivity index (χ1n) is 6.66. The maximum absolute atomic E-state index is 6.36. The van der Waals surface area contributed by atoms with Crippen molar-refractivity contribution in [2.75, 3.05) is 36.0 Å². The highest BCUT2D eigenvalue weighted by Crippen LogP contribution is 2.28. The summed E-state index contributed by atoms with van der Waals surface area (Å²) in [4.78, 5) is 9.01. The van der Waals surface area contributed by atoms with Crippen LogP contribution in [-0.4, -0.2) is 31.2 Å². The Morgan fingerprint density at radius 2 is 1.95 bits per heavy atom. The van der Waals surface area contributed by atoms with Gasteiger partial charge in [-0.1, -0.05) is 17.7 Å². The second kappa shape index (κ2) is 5.99. The van der Waals surface area contributed by atoms with Gasteiger partial charge in [0.05, 0.1) is 10.7 Å². The lowest BCUT2D eigenvalue weighted by molar-refractivity contribution is 0.652. The van der Waals surface area contributed by atoms with Gasteiger partial charge in [0.2, 0.25) is 0 Å². The summed E-state index contributed by atoms with van der Waals surface area (Å²) < 4.78 is 0. The van der Waals surface area contributed by atoms with Crippen molar-refractivity contribution in [3.05, 3.63) is 40.4 Å². The molecule has 0 atom stereocenters. The molecule has 1 aliphatic heterocycles. The van der Waals surface area contributed by atoms with Gasteiger partial charge in [0, 0.05) is 44.3 Å². The molecule has 20 heavy (non-hydrogen) atoms. The van der Waals surface area contributed by atoms with E-state index in [2.05, 4.69) is 26.9 Å². The van der Waals surface area contributed by atoms with Crippen molar-refractivity contribution in [1.29, 1.82) is 0 Å². The van der Waals surface area contributed by atoms with Gasteiger partial charge >= 0.3 is 0 Å². The summed E-state index contributed by atoms with van der Waals surface area (Å²) in [5.74, 6) is 0. The van der Waals surface area contributed by atoms with Gasteiger partial charge in [0.15, 0.2) is 5.13 Å². The first-order valence-corrected chi connectivity index (χ1v) is 7.91. The Labute approximate surface area is 127 Å². The number of nitrogens with zero attached hydrogens (tertiary/aromatic N) is 3. The molecule has 1 fully saturated rings. The fraction of sp³-hybridized carbons (Fsp3) is 0.357. The molecule has 2 aromatic rings. The highest BCUT2D eigenvalue weighted by atomic mass is 35.5. The molecule has 3 rings (SSSR count). The molecule has 1 aromatic heterocycles. The number of hydrogen-bond acceptors (Lipinski definition) is 5. The fourth-order valence-electron chi connectivity index (χ4n) is 2.44. The van der Waals surface area contributed by atoms with Gasteiger partial charge < -0.3 is 15.5 Å². The Morgan fingerprint density at radius 3 is 2.55 bits per heavy atom. The number of rotatable bonds is 3. The second-order valence-electron chi connectivity index (χ2n) is 4.78. The van der Waals surface area contributed by atoms with Crippen LogP contribution in [0.25, 0.3) is 0 Å². The minimum Gasteiger partial charge on any atom is -0.367 e. The quantitative estimate of drug-likeness (QED) is 0.946. The molecule has 0 saturated carbocycles. The summed E-state index contributed by atoms with van der Waals surface area (Å²) in [6.45, 7) is 4.39. The predicted octanol–water partition coefficient (Wildman–Crippen LogP) is 2.58. The van der Waals surface area contributed by atoms with Gasteiger partial charge in [-0.2, -0.15) is 0 Å². The zero-order chi connectivity index (χ0) is 13.9. The Morgan fingerprint density at radius 1 is 1.20 bits per heavy atom. The lowest BCUT2D eigenvalue weighted by Crippen LogP contribution is -2.46. The van der Waals surface area contributed by atoms with E-state index in [9.17, 15) is 0 Å². The number of hydrogen-bond donors (Lipinski definition) is 1. The Kier molecular flexibility index (Phi) is 4.10.